The van der Waals surface area contributed by atoms with E-state index in [4.69, 9.17) is 5.73 Å². The molecule has 1 aromatic rings. The van der Waals surface area contributed by atoms with E-state index in [1.165, 1.54) is 24.3 Å². The van der Waals surface area contributed by atoms with Gasteiger partial charge in [-0.2, -0.15) is 13.2 Å². The number of alkyl halides is 3. The summed E-state index contributed by atoms with van der Waals surface area (Å²) in [5.41, 5.74) is 5.92. The van der Waals surface area contributed by atoms with E-state index in [9.17, 15) is 22.8 Å². The summed E-state index contributed by atoms with van der Waals surface area (Å²) < 4.78 is 39.2. The highest BCUT2D eigenvalue weighted by molar-refractivity contribution is 5.92. The Morgan fingerprint density at radius 3 is 2.26 bits per heavy atom. The summed E-state index contributed by atoms with van der Waals surface area (Å²) in [7, 11) is 0. The van der Waals surface area contributed by atoms with Crippen molar-refractivity contribution < 1.29 is 27.5 Å². The average Bonchev–Trinajstić information content (AvgIpc) is 2.33. The summed E-state index contributed by atoms with van der Waals surface area (Å²) >= 11 is 0. The van der Waals surface area contributed by atoms with Crippen LogP contribution in [0.5, 0.6) is 0 Å². The second-order valence-electron chi connectivity index (χ2n) is 3.61. The summed E-state index contributed by atoms with van der Waals surface area (Å²) in [6.45, 7) is -1.66. The zero-order valence-electron chi connectivity index (χ0n) is 9.66. The Morgan fingerprint density at radius 2 is 1.79 bits per heavy atom. The molecule has 104 valence electrons. The van der Waals surface area contributed by atoms with Gasteiger partial charge in [-0.15, -0.1) is 0 Å². The summed E-state index contributed by atoms with van der Waals surface area (Å²) in [6.07, 6.45) is -5.73. The predicted octanol–water partition coefficient (Wildman–Crippen LogP) is 1.57. The zero-order chi connectivity index (χ0) is 14.5. The van der Waals surface area contributed by atoms with Crippen LogP contribution in [-0.4, -0.2) is 24.8 Å². The van der Waals surface area contributed by atoms with E-state index in [1.54, 1.807) is 0 Å². The van der Waals surface area contributed by atoms with E-state index in [0.717, 1.165) is 0 Å². The number of amides is 2. The van der Waals surface area contributed by atoms with E-state index in [2.05, 4.69) is 10.1 Å². The Balaban J connectivity index is 2.40. The van der Waals surface area contributed by atoms with Gasteiger partial charge in [-0.1, -0.05) is 12.1 Å². The second-order valence-corrected chi connectivity index (χ2v) is 3.61. The minimum Gasteiger partial charge on any atom is -0.440 e. The predicted molar refractivity (Wildman–Crippen MR) is 59.2 cm³/mol. The fourth-order valence-electron chi connectivity index (χ4n) is 1.16. The molecule has 2 amide bonds. The van der Waals surface area contributed by atoms with Gasteiger partial charge in [0.2, 0.25) is 5.91 Å². The Hall–Kier alpha value is -2.25. The maximum atomic E-state index is 11.8. The molecule has 8 heteroatoms. The van der Waals surface area contributed by atoms with Crippen LogP contribution >= 0.6 is 0 Å². The molecule has 19 heavy (non-hydrogen) atoms. The molecule has 5 nitrogen and oxygen atoms in total. The number of nitrogens with two attached hydrogens (primary N) is 1. The number of halogens is 3. The standard InChI is InChI=1S/C11H11F3N2O3/c12-11(13,14)6-19-10(18)16-5-7-1-3-8(4-2-7)9(15)17/h1-4H,5-6H2,(H2,15,17)(H,16,18). The normalized spacial score (nSPS) is 10.9. The van der Waals surface area contributed by atoms with Crippen molar-refractivity contribution >= 4 is 12.0 Å². The van der Waals surface area contributed by atoms with Crippen LogP contribution in [0.25, 0.3) is 0 Å². The van der Waals surface area contributed by atoms with Crippen LogP contribution in [0.2, 0.25) is 0 Å². The quantitative estimate of drug-likeness (QED) is 0.875. The van der Waals surface area contributed by atoms with Crippen molar-refractivity contribution in [2.75, 3.05) is 6.61 Å². The van der Waals surface area contributed by atoms with E-state index in [-0.39, 0.29) is 6.54 Å². The van der Waals surface area contributed by atoms with Crippen LogP contribution in [0.4, 0.5) is 18.0 Å². The lowest BCUT2D eigenvalue weighted by molar-refractivity contribution is -0.160. The number of carbonyl (C=O) groups is 2. The molecule has 0 radical (unpaired) electrons. The molecule has 0 aliphatic carbocycles. The van der Waals surface area contributed by atoms with Gasteiger partial charge in [0, 0.05) is 12.1 Å². The Labute approximate surface area is 106 Å². The lowest BCUT2D eigenvalue weighted by Crippen LogP contribution is -2.28. The first-order chi connectivity index (χ1) is 8.78. The average molecular weight is 276 g/mol. The molecule has 0 aliphatic rings. The van der Waals surface area contributed by atoms with Gasteiger partial charge in [0.25, 0.3) is 0 Å². The maximum Gasteiger partial charge on any atom is 0.422 e. The maximum absolute atomic E-state index is 11.8. The monoisotopic (exact) mass is 276 g/mol. The zero-order valence-corrected chi connectivity index (χ0v) is 9.66. The molecule has 0 aromatic heterocycles. The van der Waals surface area contributed by atoms with Crippen molar-refractivity contribution in [3.8, 4) is 0 Å². The molecule has 0 bridgehead atoms. The van der Waals surface area contributed by atoms with Gasteiger partial charge < -0.3 is 15.8 Å². The summed E-state index contributed by atoms with van der Waals surface area (Å²) in [5, 5.41) is 2.14. The van der Waals surface area contributed by atoms with Crippen molar-refractivity contribution in [2.45, 2.75) is 12.7 Å². The van der Waals surface area contributed by atoms with Gasteiger partial charge in [-0.05, 0) is 17.7 Å². The van der Waals surface area contributed by atoms with Crippen molar-refractivity contribution in [2.24, 2.45) is 5.73 Å². The third kappa shape index (κ3) is 5.75. The van der Waals surface area contributed by atoms with Gasteiger partial charge in [0.15, 0.2) is 6.61 Å². The number of ether oxygens (including phenoxy) is 1. The number of rotatable bonds is 4. The van der Waals surface area contributed by atoms with Crippen molar-refractivity contribution in [1.82, 2.24) is 5.32 Å². The number of hydrogen-bond acceptors (Lipinski definition) is 3. The number of nitrogens with one attached hydrogen (secondary N) is 1. The first-order valence-electron chi connectivity index (χ1n) is 5.14. The van der Waals surface area contributed by atoms with Crippen molar-refractivity contribution in [1.29, 1.82) is 0 Å². The molecular weight excluding hydrogens is 265 g/mol. The van der Waals surface area contributed by atoms with E-state index in [1.807, 2.05) is 0 Å². The third-order valence-corrected chi connectivity index (χ3v) is 2.04. The molecule has 0 aliphatic heterocycles. The van der Waals surface area contributed by atoms with E-state index < -0.39 is 24.8 Å². The van der Waals surface area contributed by atoms with Crippen LogP contribution < -0.4 is 11.1 Å². The molecule has 1 aromatic carbocycles. The summed E-state index contributed by atoms with van der Waals surface area (Å²) in [6, 6.07) is 5.93. The Bertz CT molecular complexity index is 457. The molecule has 0 spiro atoms. The molecule has 0 unspecified atom stereocenters. The van der Waals surface area contributed by atoms with Crippen LogP contribution in [0, 0.1) is 0 Å². The molecule has 0 saturated heterocycles. The minimum absolute atomic E-state index is 0.0181. The summed E-state index contributed by atoms with van der Waals surface area (Å²) in [5.74, 6) is -0.593. The van der Waals surface area contributed by atoms with Crippen LogP contribution in [-0.2, 0) is 11.3 Å². The number of carbonyl (C=O) groups excluding carboxylic acids is 2. The number of primary amides is 1. The smallest absolute Gasteiger partial charge is 0.422 e. The van der Waals surface area contributed by atoms with E-state index in [0.29, 0.717) is 11.1 Å². The van der Waals surface area contributed by atoms with Gasteiger partial charge in [-0.25, -0.2) is 4.79 Å². The molecule has 0 heterocycles. The largest absolute Gasteiger partial charge is 0.440 e. The summed E-state index contributed by atoms with van der Waals surface area (Å²) in [4.78, 5) is 21.7. The Kier molecular flexibility index (Phi) is 4.74. The number of alkyl carbamates (subject to hydrolysis) is 1. The lowest BCUT2D eigenvalue weighted by Gasteiger charge is -2.09. The molecule has 1 rings (SSSR count). The molecular formula is C11H11F3N2O3. The van der Waals surface area contributed by atoms with E-state index >= 15 is 0 Å². The number of benzene rings is 1. The van der Waals surface area contributed by atoms with Gasteiger partial charge >= 0.3 is 12.3 Å². The minimum atomic E-state index is -4.56. The van der Waals surface area contributed by atoms with Gasteiger partial charge in [0.1, 0.15) is 0 Å². The molecule has 0 atom stereocenters. The fraction of sp³-hybridized carbons (Fsp3) is 0.273. The first-order valence-corrected chi connectivity index (χ1v) is 5.14. The molecule has 3 N–H and O–H groups in total. The number of hydrogen-bond donors (Lipinski definition) is 2. The van der Waals surface area contributed by atoms with Crippen molar-refractivity contribution in [3.63, 3.8) is 0 Å². The highest BCUT2D eigenvalue weighted by Gasteiger charge is 2.29. The van der Waals surface area contributed by atoms with Crippen LogP contribution in [0.3, 0.4) is 0 Å². The fourth-order valence-corrected chi connectivity index (χ4v) is 1.16. The van der Waals surface area contributed by atoms with Crippen LogP contribution in [0.1, 0.15) is 15.9 Å². The highest BCUT2D eigenvalue weighted by atomic mass is 19.4. The van der Waals surface area contributed by atoms with Gasteiger partial charge in [-0.3, -0.25) is 4.79 Å². The SMILES string of the molecule is NC(=O)c1ccc(CNC(=O)OCC(F)(F)F)cc1. The molecule has 0 saturated carbocycles. The van der Waals surface area contributed by atoms with Gasteiger partial charge in [0.05, 0.1) is 0 Å². The van der Waals surface area contributed by atoms with Crippen molar-refractivity contribution in [3.05, 3.63) is 35.4 Å². The van der Waals surface area contributed by atoms with Crippen LogP contribution in [0.15, 0.2) is 24.3 Å². The topological polar surface area (TPSA) is 81.4 Å². The first kappa shape index (κ1) is 14.8. The lowest BCUT2D eigenvalue weighted by atomic mass is 10.1. The second kappa shape index (κ2) is 6.07. The highest BCUT2D eigenvalue weighted by Crippen LogP contribution is 2.14. The molecule has 0 fully saturated rings. The Morgan fingerprint density at radius 1 is 1.21 bits per heavy atom. The third-order valence-electron chi connectivity index (χ3n) is 2.04.